The van der Waals surface area contributed by atoms with E-state index in [-0.39, 0.29) is 15.8 Å². The summed E-state index contributed by atoms with van der Waals surface area (Å²) in [6, 6.07) is 10.8. The Morgan fingerprint density at radius 2 is 1.79 bits per heavy atom. The van der Waals surface area contributed by atoms with E-state index in [0.29, 0.717) is 5.56 Å². The summed E-state index contributed by atoms with van der Waals surface area (Å²) in [5.74, 6) is -0.834. The van der Waals surface area contributed by atoms with Crippen molar-refractivity contribution in [2.75, 3.05) is 0 Å². The molecule has 6 heteroatoms. The highest BCUT2D eigenvalue weighted by atomic mass is 79.9. The van der Waals surface area contributed by atoms with Gasteiger partial charge in [-0.3, -0.25) is 14.9 Å². The number of rotatable bonds is 3. The highest BCUT2D eigenvalue weighted by molar-refractivity contribution is 9.10. The highest BCUT2D eigenvalue weighted by Gasteiger charge is 2.21. The molecule has 0 amide bonds. The van der Waals surface area contributed by atoms with Crippen molar-refractivity contribution in [1.29, 1.82) is 0 Å². The summed E-state index contributed by atoms with van der Waals surface area (Å²) >= 11 is 3.00. The molecule has 0 heterocycles. The number of nitro groups is 1. The summed E-state index contributed by atoms with van der Waals surface area (Å²) in [7, 11) is 0. The summed E-state index contributed by atoms with van der Waals surface area (Å²) in [4.78, 5) is 22.2. The van der Waals surface area contributed by atoms with Crippen LogP contribution in [-0.2, 0) is 0 Å². The van der Waals surface area contributed by atoms with Gasteiger partial charge >= 0.3 is 5.69 Å². The smallest absolute Gasteiger partial charge is 0.312 e. The third kappa shape index (κ3) is 2.63. The van der Waals surface area contributed by atoms with E-state index in [1.54, 1.807) is 30.3 Å². The molecule has 0 bridgehead atoms. The zero-order chi connectivity index (χ0) is 14.0. The van der Waals surface area contributed by atoms with Gasteiger partial charge in [-0.15, -0.1) is 0 Å². The average molecular weight is 322 g/mol. The topological polar surface area (TPSA) is 80.4 Å². The van der Waals surface area contributed by atoms with E-state index >= 15 is 0 Å². The molecule has 0 aliphatic heterocycles. The van der Waals surface area contributed by atoms with E-state index < -0.39 is 16.4 Å². The molecule has 0 atom stereocenters. The van der Waals surface area contributed by atoms with Gasteiger partial charge in [-0.25, -0.2) is 0 Å². The molecular formula is C13H8BrNO4. The summed E-state index contributed by atoms with van der Waals surface area (Å²) in [5.41, 5.74) is 0.0608. The molecule has 0 aliphatic carbocycles. The van der Waals surface area contributed by atoms with E-state index in [9.17, 15) is 20.0 Å². The lowest BCUT2D eigenvalue weighted by Crippen LogP contribution is -2.02. The van der Waals surface area contributed by atoms with Crippen LogP contribution in [0.1, 0.15) is 15.9 Å². The fourth-order valence-electron chi connectivity index (χ4n) is 1.61. The molecule has 0 spiro atoms. The maximum atomic E-state index is 12.2. The molecule has 0 fully saturated rings. The number of phenols is 1. The largest absolute Gasteiger partial charge is 0.501 e. The van der Waals surface area contributed by atoms with E-state index in [0.717, 1.165) is 6.07 Å². The van der Waals surface area contributed by atoms with Gasteiger partial charge in [0.2, 0.25) is 5.75 Å². The van der Waals surface area contributed by atoms with Crippen molar-refractivity contribution >= 4 is 27.4 Å². The molecule has 19 heavy (non-hydrogen) atoms. The lowest BCUT2D eigenvalue weighted by atomic mass is 10.0. The number of hydrogen-bond acceptors (Lipinski definition) is 4. The number of carbonyl (C=O) groups is 1. The van der Waals surface area contributed by atoms with Crippen LogP contribution in [0.15, 0.2) is 46.9 Å². The number of hydrogen-bond donors (Lipinski definition) is 1. The summed E-state index contributed by atoms with van der Waals surface area (Å²) in [5, 5.41) is 20.3. The van der Waals surface area contributed by atoms with E-state index in [1.807, 2.05) is 0 Å². The third-order valence-electron chi connectivity index (χ3n) is 2.54. The summed E-state index contributed by atoms with van der Waals surface area (Å²) in [6.45, 7) is 0. The van der Waals surface area contributed by atoms with Crippen LogP contribution in [0.3, 0.4) is 0 Å². The van der Waals surface area contributed by atoms with Gasteiger partial charge < -0.3 is 5.11 Å². The molecule has 0 saturated carbocycles. The number of ketones is 1. The molecule has 0 radical (unpaired) electrons. The molecule has 0 aromatic heterocycles. The van der Waals surface area contributed by atoms with Gasteiger partial charge in [-0.05, 0) is 22.0 Å². The molecule has 0 aliphatic rings. The average Bonchev–Trinajstić information content (AvgIpc) is 2.41. The summed E-state index contributed by atoms with van der Waals surface area (Å²) in [6.07, 6.45) is 0. The Labute approximate surface area is 116 Å². The van der Waals surface area contributed by atoms with Crippen LogP contribution in [0, 0.1) is 10.1 Å². The van der Waals surface area contributed by atoms with Crippen LogP contribution in [0.2, 0.25) is 0 Å². The maximum Gasteiger partial charge on any atom is 0.312 e. The zero-order valence-electron chi connectivity index (χ0n) is 9.54. The quantitative estimate of drug-likeness (QED) is 0.534. The standard InChI is InChI=1S/C13H8BrNO4/c14-10-6-9(7-11(13(10)17)15(18)19)12(16)8-4-2-1-3-5-8/h1-7,17H. The van der Waals surface area contributed by atoms with Crippen molar-refractivity contribution in [1.82, 2.24) is 0 Å². The number of nitrogens with zero attached hydrogens (tertiary/aromatic N) is 1. The van der Waals surface area contributed by atoms with Crippen molar-refractivity contribution in [2.45, 2.75) is 0 Å². The van der Waals surface area contributed by atoms with Crippen LogP contribution in [0.5, 0.6) is 5.75 Å². The minimum Gasteiger partial charge on any atom is -0.501 e. The normalized spacial score (nSPS) is 10.2. The van der Waals surface area contributed by atoms with Crippen molar-refractivity contribution < 1.29 is 14.8 Å². The molecule has 2 aromatic rings. The molecule has 2 rings (SSSR count). The van der Waals surface area contributed by atoms with Gasteiger partial charge in [0.25, 0.3) is 0 Å². The molecule has 0 unspecified atom stereocenters. The predicted molar refractivity (Wildman–Crippen MR) is 72.3 cm³/mol. The number of nitro benzene ring substituents is 1. The first-order valence-corrected chi connectivity index (χ1v) is 6.06. The third-order valence-corrected chi connectivity index (χ3v) is 3.14. The Bertz CT molecular complexity index is 655. The molecule has 96 valence electrons. The van der Waals surface area contributed by atoms with Crippen molar-refractivity contribution in [3.63, 3.8) is 0 Å². The van der Waals surface area contributed by atoms with Gasteiger partial charge in [0, 0.05) is 17.2 Å². The number of phenolic OH excluding ortho intramolecular Hbond substituents is 1. The van der Waals surface area contributed by atoms with Gasteiger partial charge in [-0.2, -0.15) is 0 Å². The minimum absolute atomic E-state index is 0.112. The van der Waals surface area contributed by atoms with E-state index in [4.69, 9.17) is 0 Å². The second kappa shape index (κ2) is 5.19. The van der Waals surface area contributed by atoms with Crippen LogP contribution in [-0.4, -0.2) is 15.8 Å². The SMILES string of the molecule is O=C(c1ccccc1)c1cc(Br)c(O)c([N+](=O)[O-])c1. The fourth-order valence-corrected chi connectivity index (χ4v) is 2.06. The molecular weight excluding hydrogens is 314 g/mol. The predicted octanol–water partition coefficient (Wildman–Crippen LogP) is 3.29. The first-order chi connectivity index (χ1) is 9.00. The second-order valence-electron chi connectivity index (χ2n) is 3.78. The fraction of sp³-hybridized carbons (Fsp3) is 0. The molecule has 1 N–H and O–H groups in total. The first kappa shape index (κ1) is 13.2. The Morgan fingerprint density at radius 3 is 2.37 bits per heavy atom. The van der Waals surface area contributed by atoms with Crippen LogP contribution in [0.25, 0.3) is 0 Å². The van der Waals surface area contributed by atoms with Crippen LogP contribution >= 0.6 is 15.9 Å². The van der Waals surface area contributed by atoms with Gasteiger partial charge in [0.15, 0.2) is 5.78 Å². The Morgan fingerprint density at radius 1 is 1.16 bits per heavy atom. The Hall–Kier alpha value is -2.21. The van der Waals surface area contributed by atoms with Crippen LogP contribution in [0.4, 0.5) is 5.69 Å². The van der Waals surface area contributed by atoms with Gasteiger partial charge in [0.1, 0.15) is 0 Å². The zero-order valence-corrected chi connectivity index (χ0v) is 11.1. The van der Waals surface area contributed by atoms with Crippen molar-refractivity contribution in [3.05, 3.63) is 68.2 Å². The lowest BCUT2D eigenvalue weighted by molar-refractivity contribution is -0.386. The van der Waals surface area contributed by atoms with E-state index in [2.05, 4.69) is 15.9 Å². The molecule has 2 aromatic carbocycles. The summed E-state index contributed by atoms with van der Waals surface area (Å²) < 4.78 is 0.112. The lowest BCUT2D eigenvalue weighted by Gasteiger charge is -2.04. The number of halogens is 1. The van der Waals surface area contributed by atoms with Gasteiger partial charge in [-0.1, -0.05) is 30.3 Å². The monoisotopic (exact) mass is 321 g/mol. The Kier molecular flexibility index (Phi) is 3.62. The van der Waals surface area contributed by atoms with E-state index in [1.165, 1.54) is 6.07 Å². The number of benzene rings is 2. The second-order valence-corrected chi connectivity index (χ2v) is 4.63. The maximum absolute atomic E-state index is 12.2. The minimum atomic E-state index is -0.734. The number of aromatic hydroxyl groups is 1. The van der Waals surface area contributed by atoms with Gasteiger partial charge in [0.05, 0.1) is 9.40 Å². The first-order valence-electron chi connectivity index (χ1n) is 5.27. The van der Waals surface area contributed by atoms with Crippen LogP contribution < -0.4 is 0 Å². The highest BCUT2D eigenvalue weighted by Crippen LogP contribution is 2.35. The Balaban J connectivity index is 2.52. The van der Waals surface area contributed by atoms with Crippen molar-refractivity contribution in [2.24, 2.45) is 0 Å². The molecule has 5 nitrogen and oxygen atoms in total. The van der Waals surface area contributed by atoms with Crippen molar-refractivity contribution in [3.8, 4) is 5.75 Å². The molecule has 0 saturated heterocycles. The number of carbonyl (C=O) groups excluding carboxylic acids is 1.